The highest BCUT2D eigenvalue weighted by Gasteiger charge is 2.17. The van der Waals surface area contributed by atoms with Crippen molar-refractivity contribution in [1.82, 2.24) is 4.90 Å². The van der Waals surface area contributed by atoms with Gasteiger partial charge in [0.15, 0.2) is 18.2 Å². The molecule has 0 atom stereocenters. The van der Waals surface area contributed by atoms with Crippen LogP contribution in [0.25, 0.3) is 0 Å². The maximum atomic E-state index is 13.7. The average molecular weight is 377 g/mol. The van der Waals surface area contributed by atoms with E-state index >= 15 is 0 Å². The lowest BCUT2D eigenvalue weighted by atomic mass is 10.2. The van der Waals surface area contributed by atoms with Crippen molar-refractivity contribution in [3.05, 3.63) is 53.3 Å². The summed E-state index contributed by atoms with van der Waals surface area (Å²) in [6.45, 7) is -0.384. The van der Waals surface area contributed by atoms with Gasteiger partial charge in [-0.1, -0.05) is 6.07 Å². The van der Waals surface area contributed by atoms with Gasteiger partial charge in [0.2, 0.25) is 0 Å². The van der Waals surface area contributed by atoms with E-state index in [-0.39, 0.29) is 23.6 Å². The fraction of sp³-hybridized carbons (Fsp3) is 0.263. The zero-order chi connectivity index (χ0) is 20.0. The van der Waals surface area contributed by atoms with Gasteiger partial charge in [-0.15, -0.1) is 0 Å². The Labute approximate surface area is 155 Å². The van der Waals surface area contributed by atoms with Crippen LogP contribution >= 0.6 is 0 Å². The van der Waals surface area contributed by atoms with Gasteiger partial charge < -0.3 is 24.2 Å². The summed E-state index contributed by atoms with van der Waals surface area (Å²) in [5.74, 6) is -1.67. The van der Waals surface area contributed by atoms with E-state index in [1.54, 1.807) is 6.07 Å². The van der Waals surface area contributed by atoms with E-state index in [0.717, 1.165) is 0 Å². The predicted octanol–water partition coefficient (Wildman–Crippen LogP) is 2.36. The quantitative estimate of drug-likeness (QED) is 0.746. The molecule has 0 aliphatic rings. The molecule has 0 aromatic heterocycles. The number of hydrogen-bond acceptors (Lipinski definition) is 6. The molecule has 0 saturated carbocycles. The van der Waals surface area contributed by atoms with Gasteiger partial charge in [-0.05, 0) is 29.8 Å². The van der Waals surface area contributed by atoms with Crippen LogP contribution in [0, 0.1) is 5.82 Å². The summed E-state index contributed by atoms with van der Waals surface area (Å²) in [6.07, 6.45) is 0. The smallest absolute Gasteiger partial charge is 0.342 e. The minimum absolute atomic E-state index is 0.0801. The van der Waals surface area contributed by atoms with Crippen molar-refractivity contribution in [2.75, 3.05) is 27.9 Å². The van der Waals surface area contributed by atoms with Crippen LogP contribution in [0.3, 0.4) is 0 Å². The fourth-order valence-electron chi connectivity index (χ4n) is 2.30. The molecule has 1 N–H and O–H groups in total. The second-order valence-electron chi connectivity index (χ2n) is 5.68. The maximum absolute atomic E-state index is 13.7. The Morgan fingerprint density at radius 2 is 1.85 bits per heavy atom. The number of ether oxygens (including phenoxy) is 3. The highest BCUT2D eigenvalue weighted by Crippen LogP contribution is 2.24. The number of carbonyl (C=O) groups is 2. The van der Waals surface area contributed by atoms with Gasteiger partial charge in [0.25, 0.3) is 5.91 Å². The first-order valence-electron chi connectivity index (χ1n) is 7.96. The topological polar surface area (TPSA) is 85.3 Å². The third-order valence-electron chi connectivity index (χ3n) is 3.81. The molecule has 0 saturated heterocycles. The van der Waals surface area contributed by atoms with E-state index in [1.165, 1.54) is 56.5 Å². The minimum Gasteiger partial charge on any atom is -0.507 e. The van der Waals surface area contributed by atoms with Crippen molar-refractivity contribution >= 4 is 11.9 Å². The molecule has 0 fully saturated rings. The zero-order valence-electron chi connectivity index (χ0n) is 15.2. The van der Waals surface area contributed by atoms with Crippen molar-refractivity contribution in [3.8, 4) is 17.2 Å². The number of rotatable bonds is 7. The Hall–Kier alpha value is -3.29. The molecule has 0 aliphatic heterocycles. The fourth-order valence-corrected chi connectivity index (χ4v) is 2.30. The Kier molecular flexibility index (Phi) is 6.59. The van der Waals surface area contributed by atoms with Crippen molar-refractivity contribution in [3.63, 3.8) is 0 Å². The Morgan fingerprint density at radius 3 is 2.44 bits per heavy atom. The number of phenolic OH excluding ortho intramolecular Hbond substituents is 1. The number of phenols is 1. The molecule has 2 rings (SSSR count). The number of carbonyl (C=O) groups excluding carboxylic acids is 2. The van der Waals surface area contributed by atoms with E-state index in [2.05, 4.69) is 0 Å². The molecule has 0 unspecified atom stereocenters. The highest BCUT2D eigenvalue weighted by atomic mass is 19.1. The van der Waals surface area contributed by atoms with Crippen molar-refractivity contribution in [1.29, 1.82) is 0 Å². The molecule has 0 heterocycles. The molecule has 27 heavy (non-hydrogen) atoms. The largest absolute Gasteiger partial charge is 0.507 e. The van der Waals surface area contributed by atoms with Crippen LogP contribution in [-0.2, 0) is 16.1 Å². The lowest BCUT2D eigenvalue weighted by Crippen LogP contribution is -2.30. The van der Waals surface area contributed by atoms with Crippen LogP contribution in [0.1, 0.15) is 15.9 Å². The van der Waals surface area contributed by atoms with Gasteiger partial charge in [0.1, 0.15) is 17.1 Å². The highest BCUT2D eigenvalue weighted by molar-refractivity contribution is 5.94. The first kappa shape index (κ1) is 20.0. The second kappa shape index (κ2) is 8.88. The third-order valence-corrected chi connectivity index (χ3v) is 3.81. The molecule has 0 spiro atoms. The van der Waals surface area contributed by atoms with Gasteiger partial charge in [-0.3, -0.25) is 4.79 Å². The number of aromatic hydroxyl groups is 1. The first-order valence-corrected chi connectivity index (χ1v) is 7.96. The second-order valence-corrected chi connectivity index (χ2v) is 5.68. The first-order chi connectivity index (χ1) is 12.8. The lowest BCUT2D eigenvalue weighted by Gasteiger charge is -2.17. The molecule has 1 amide bonds. The molecular formula is C19H20FNO6. The van der Waals surface area contributed by atoms with Crippen LogP contribution in [0.15, 0.2) is 36.4 Å². The van der Waals surface area contributed by atoms with Crippen LogP contribution in [-0.4, -0.2) is 49.8 Å². The number of amides is 1. The molecule has 144 valence electrons. The summed E-state index contributed by atoms with van der Waals surface area (Å²) in [6, 6.07) is 8.46. The number of hydrogen-bond donors (Lipinski definition) is 1. The summed E-state index contributed by atoms with van der Waals surface area (Å²) < 4.78 is 28.4. The van der Waals surface area contributed by atoms with Gasteiger partial charge in [0, 0.05) is 19.7 Å². The van der Waals surface area contributed by atoms with Crippen molar-refractivity contribution in [2.45, 2.75) is 6.54 Å². The maximum Gasteiger partial charge on any atom is 0.342 e. The Balaban J connectivity index is 1.92. The van der Waals surface area contributed by atoms with Crippen molar-refractivity contribution in [2.24, 2.45) is 0 Å². The molecule has 2 aromatic rings. The average Bonchev–Trinajstić information content (AvgIpc) is 2.65. The summed E-state index contributed by atoms with van der Waals surface area (Å²) in [5.41, 5.74) is 0.478. The van der Waals surface area contributed by atoms with Crippen molar-refractivity contribution < 1.29 is 33.3 Å². The van der Waals surface area contributed by atoms with Crippen LogP contribution < -0.4 is 9.47 Å². The van der Waals surface area contributed by atoms with E-state index in [9.17, 15) is 19.1 Å². The van der Waals surface area contributed by atoms with Gasteiger partial charge in [-0.25, -0.2) is 9.18 Å². The standard InChI is InChI=1S/C19H20FNO6/c1-21(10-12-4-7-17(26-3)15(20)8-12)18(23)11-27-19(24)14-6-5-13(25-2)9-16(14)22/h4-9,22H,10-11H2,1-3H3. The van der Waals surface area contributed by atoms with E-state index in [4.69, 9.17) is 14.2 Å². The minimum atomic E-state index is -0.840. The van der Waals surface area contributed by atoms with Gasteiger partial charge in [0.05, 0.1) is 14.2 Å². The third kappa shape index (κ3) is 5.10. The normalized spacial score (nSPS) is 10.2. The molecule has 8 heteroatoms. The summed E-state index contributed by atoms with van der Waals surface area (Å²) in [4.78, 5) is 25.4. The zero-order valence-corrected chi connectivity index (χ0v) is 15.2. The van der Waals surface area contributed by atoms with E-state index in [0.29, 0.717) is 11.3 Å². The summed E-state index contributed by atoms with van der Waals surface area (Å²) >= 11 is 0. The van der Waals surface area contributed by atoms with Gasteiger partial charge >= 0.3 is 5.97 Å². The molecule has 7 nitrogen and oxygen atoms in total. The van der Waals surface area contributed by atoms with Crippen LogP contribution in [0.2, 0.25) is 0 Å². The monoisotopic (exact) mass is 377 g/mol. The van der Waals surface area contributed by atoms with Crippen LogP contribution in [0.4, 0.5) is 4.39 Å². The number of esters is 1. The predicted molar refractivity (Wildman–Crippen MR) is 94.4 cm³/mol. The van der Waals surface area contributed by atoms with E-state index in [1.807, 2.05) is 0 Å². The SMILES string of the molecule is COc1ccc(C(=O)OCC(=O)N(C)Cc2ccc(OC)c(F)c2)c(O)c1. The Bertz CT molecular complexity index is 839. The summed E-state index contributed by atoms with van der Waals surface area (Å²) in [5, 5.41) is 9.81. The molecule has 0 aliphatic carbocycles. The van der Waals surface area contributed by atoms with Gasteiger partial charge in [-0.2, -0.15) is 0 Å². The number of likely N-dealkylation sites (N-methyl/N-ethyl adjacent to an activating group) is 1. The van der Waals surface area contributed by atoms with Crippen LogP contribution in [0.5, 0.6) is 17.2 Å². The molecule has 0 radical (unpaired) electrons. The number of methoxy groups -OCH3 is 2. The number of halogens is 1. The Morgan fingerprint density at radius 1 is 1.11 bits per heavy atom. The number of nitrogens with zero attached hydrogens (tertiary/aromatic N) is 1. The lowest BCUT2D eigenvalue weighted by molar-refractivity contribution is -0.133. The molecule has 0 bridgehead atoms. The molecular weight excluding hydrogens is 357 g/mol. The number of benzene rings is 2. The summed E-state index contributed by atoms with van der Waals surface area (Å²) in [7, 11) is 4.29. The molecule has 2 aromatic carbocycles. The van der Waals surface area contributed by atoms with E-state index < -0.39 is 24.3 Å².